The lowest BCUT2D eigenvalue weighted by Gasteiger charge is -2.11. The van der Waals surface area contributed by atoms with E-state index in [-0.39, 0.29) is 24.0 Å². The van der Waals surface area contributed by atoms with Crippen molar-refractivity contribution >= 4 is 29.9 Å². The van der Waals surface area contributed by atoms with Crippen LogP contribution in [0.4, 0.5) is 0 Å². The first-order chi connectivity index (χ1) is 10.6. The molecule has 0 fully saturated rings. The summed E-state index contributed by atoms with van der Waals surface area (Å²) in [4.78, 5) is 8.36. The molecular weight excluding hydrogens is 407 g/mol. The average molecular weight is 432 g/mol. The zero-order valence-corrected chi connectivity index (χ0v) is 16.4. The molecule has 9 heteroatoms. The summed E-state index contributed by atoms with van der Waals surface area (Å²) in [7, 11) is 3.63. The predicted molar refractivity (Wildman–Crippen MR) is 101 cm³/mol. The maximum Gasteiger partial charge on any atom is 0.191 e. The third kappa shape index (κ3) is 5.81. The Morgan fingerprint density at radius 1 is 1.30 bits per heavy atom. The Kier molecular flexibility index (Phi) is 8.00. The summed E-state index contributed by atoms with van der Waals surface area (Å²) < 4.78 is 3.77. The molecule has 0 aliphatic rings. The van der Waals surface area contributed by atoms with Crippen LogP contribution >= 0.6 is 24.0 Å². The molecule has 0 spiro atoms. The Morgan fingerprint density at radius 3 is 2.65 bits per heavy atom. The molecule has 0 aliphatic heterocycles. The van der Waals surface area contributed by atoms with Gasteiger partial charge in [0.2, 0.25) is 0 Å². The molecule has 0 aliphatic carbocycles. The minimum Gasteiger partial charge on any atom is -0.356 e. The molecule has 2 rings (SSSR count). The molecule has 2 aromatic rings. The van der Waals surface area contributed by atoms with Crippen LogP contribution in [0.15, 0.2) is 17.4 Å². The molecule has 0 radical (unpaired) electrons. The van der Waals surface area contributed by atoms with Crippen LogP contribution in [0.2, 0.25) is 0 Å². The minimum atomic E-state index is 0. The zero-order valence-electron chi connectivity index (χ0n) is 14.1. The smallest absolute Gasteiger partial charge is 0.191 e. The van der Waals surface area contributed by atoms with Gasteiger partial charge in [-0.3, -0.25) is 14.4 Å². The third-order valence-electron chi connectivity index (χ3n) is 3.39. The standard InChI is InChI=1S/C14H24N8.HI/c1-11-8-12(2)22(20-11)7-5-6-16-14(15-3)17-9-13-18-10-19-21(13)4;/h8,10H,5-7,9H2,1-4H3,(H2,15,16,17);1H. The number of rotatable bonds is 6. The first kappa shape index (κ1) is 19.4. The van der Waals surface area contributed by atoms with Crippen LogP contribution in [-0.4, -0.2) is 44.1 Å². The van der Waals surface area contributed by atoms with Gasteiger partial charge in [0.15, 0.2) is 5.96 Å². The average Bonchev–Trinajstić information content (AvgIpc) is 3.03. The molecule has 0 aromatic carbocycles. The van der Waals surface area contributed by atoms with Crippen molar-refractivity contribution in [3.05, 3.63) is 29.6 Å². The number of aryl methyl sites for hydroxylation is 4. The fourth-order valence-electron chi connectivity index (χ4n) is 2.20. The summed E-state index contributed by atoms with van der Waals surface area (Å²) in [5.74, 6) is 1.63. The van der Waals surface area contributed by atoms with E-state index in [0.717, 1.165) is 37.0 Å². The van der Waals surface area contributed by atoms with Gasteiger partial charge in [0, 0.05) is 32.9 Å². The highest BCUT2D eigenvalue weighted by molar-refractivity contribution is 14.0. The van der Waals surface area contributed by atoms with Crippen LogP contribution in [0.25, 0.3) is 0 Å². The predicted octanol–water partition coefficient (Wildman–Crippen LogP) is 1.00. The number of aromatic nitrogens is 5. The first-order valence-electron chi connectivity index (χ1n) is 7.38. The van der Waals surface area contributed by atoms with E-state index in [0.29, 0.717) is 6.54 Å². The molecule has 0 saturated heterocycles. The second-order valence-corrected chi connectivity index (χ2v) is 5.16. The van der Waals surface area contributed by atoms with E-state index in [1.165, 1.54) is 5.69 Å². The fourth-order valence-corrected chi connectivity index (χ4v) is 2.20. The van der Waals surface area contributed by atoms with Crippen LogP contribution in [0, 0.1) is 13.8 Å². The van der Waals surface area contributed by atoms with Gasteiger partial charge in [-0.25, -0.2) is 4.98 Å². The Balaban J connectivity index is 0.00000264. The third-order valence-corrected chi connectivity index (χ3v) is 3.39. The summed E-state index contributed by atoms with van der Waals surface area (Å²) in [5, 5.41) is 15.0. The van der Waals surface area contributed by atoms with Crippen LogP contribution in [0.3, 0.4) is 0 Å². The van der Waals surface area contributed by atoms with E-state index < -0.39 is 0 Å². The van der Waals surface area contributed by atoms with Crippen LogP contribution in [-0.2, 0) is 20.1 Å². The summed E-state index contributed by atoms with van der Waals surface area (Å²) in [6.07, 6.45) is 2.52. The quantitative estimate of drug-likeness (QED) is 0.308. The highest BCUT2D eigenvalue weighted by Crippen LogP contribution is 2.02. The SMILES string of the molecule is CN=C(NCCCn1nc(C)cc1C)NCc1ncnn1C.I. The molecule has 2 heterocycles. The van der Waals surface area contributed by atoms with Gasteiger partial charge in [0.1, 0.15) is 12.2 Å². The van der Waals surface area contributed by atoms with Gasteiger partial charge < -0.3 is 10.6 Å². The molecule has 2 aromatic heterocycles. The Bertz CT molecular complexity index is 631. The van der Waals surface area contributed by atoms with Gasteiger partial charge in [-0.1, -0.05) is 0 Å². The molecule has 0 unspecified atom stereocenters. The second-order valence-electron chi connectivity index (χ2n) is 5.16. The fraction of sp³-hybridized carbons (Fsp3) is 0.571. The van der Waals surface area contributed by atoms with Crippen LogP contribution in [0.1, 0.15) is 23.6 Å². The summed E-state index contributed by atoms with van der Waals surface area (Å²) in [6.45, 7) is 6.41. The lowest BCUT2D eigenvalue weighted by molar-refractivity contribution is 0.554. The van der Waals surface area contributed by atoms with Gasteiger partial charge >= 0.3 is 0 Å². The Labute approximate surface area is 153 Å². The minimum absolute atomic E-state index is 0. The summed E-state index contributed by atoms with van der Waals surface area (Å²) in [6, 6.07) is 2.09. The van der Waals surface area contributed by atoms with E-state index in [1.54, 1.807) is 18.1 Å². The number of hydrogen-bond acceptors (Lipinski definition) is 4. The van der Waals surface area contributed by atoms with Crippen LogP contribution < -0.4 is 10.6 Å². The normalized spacial score (nSPS) is 11.2. The number of nitrogens with zero attached hydrogens (tertiary/aromatic N) is 6. The highest BCUT2D eigenvalue weighted by atomic mass is 127. The van der Waals surface area contributed by atoms with Gasteiger partial charge in [-0.2, -0.15) is 10.2 Å². The van der Waals surface area contributed by atoms with Crippen molar-refractivity contribution in [2.24, 2.45) is 12.0 Å². The molecule has 0 amide bonds. The van der Waals surface area contributed by atoms with E-state index in [2.05, 4.69) is 43.8 Å². The van der Waals surface area contributed by atoms with Gasteiger partial charge in [-0.05, 0) is 26.3 Å². The van der Waals surface area contributed by atoms with E-state index >= 15 is 0 Å². The summed E-state index contributed by atoms with van der Waals surface area (Å²) in [5.41, 5.74) is 2.26. The lowest BCUT2D eigenvalue weighted by Crippen LogP contribution is -2.38. The number of aliphatic imine (C=N–C) groups is 1. The molecule has 23 heavy (non-hydrogen) atoms. The largest absolute Gasteiger partial charge is 0.356 e. The molecule has 128 valence electrons. The van der Waals surface area contributed by atoms with Crippen molar-refractivity contribution in [1.29, 1.82) is 0 Å². The number of hydrogen-bond donors (Lipinski definition) is 2. The van der Waals surface area contributed by atoms with Crippen molar-refractivity contribution in [2.45, 2.75) is 33.4 Å². The van der Waals surface area contributed by atoms with E-state index in [9.17, 15) is 0 Å². The number of nitrogens with one attached hydrogen (secondary N) is 2. The van der Waals surface area contributed by atoms with E-state index in [1.807, 2.05) is 18.7 Å². The Morgan fingerprint density at radius 2 is 2.09 bits per heavy atom. The topological polar surface area (TPSA) is 84.9 Å². The monoisotopic (exact) mass is 432 g/mol. The van der Waals surface area contributed by atoms with Crippen LogP contribution in [0.5, 0.6) is 0 Å². The van der Waals surface area contributed by atoms with Crippen molar-refractivity contribution < 1.29 is 0 Å². The molecule has 0 saturated carbocycles. The lowest BCUT2D eigenvalue weighted by atomic mass is 10.4. The van der Waals surface area contributed by atoms with Crippen molar-refractivity contribution in [1.82, 2.24) is 35.2 Å². The highest BCUT2D eigenvalue weighted by Gasteiger charge is 2.03. The maximum atomic E-state index is 4.45. The summed E-state index contributed by atoms with van der Waals surface area (Å²) >= 11 is 0. The maximum absolute atomic E-state index is 4.45. The van der Waals surface area contributed by atoms with Crippen molar-refractivity contribution in [3.8, 4) is 0 Å². The molecule has 2 N–H and O–H groups in total. The molecule has 0 atom stereocenters. The van der Waals surface area contributed by atoms with Gasteiger partial charge in [0.25, 0.3) is 0 Å². The number of guanidine groups is 1. The Hall–Kier alpha value is -1.65. The number of halogens is 1. The molecule has 0 bridgehead atoms. The first-order valence-corrected chi connectivity index (χ1v) is 7.38. The van der Waals surface area contributed by atoms with Crippen molar-refractivity contribution in [3.63, 3.8) is 0 Å². The van der Waals surface area contributed by atoms with Crippen molar-refractivity contribution in [2.75, 3.05) is 13.6 Å². The zero-order chi connectivity index (χ0) is 15.9. The van der Waals surface area contributed by atoms with Gasteiger partial charge in [0.05, 0.1) is 12.2 Å². The van der Waals surface area contributed by atoms with E-state index in [4.69, 9.17) is 0 Å². The van der Waals surface area contributed by atoms with Gasteiger partial charge in [-0.15, -0.1) is 24.0 Å². The second kappa shape index (κ2) is 9.48. The molecule has 8 nitrogen and oxygen atoms in total. The molecular formula is C14H25IN8.